The van der Waals surface area contributed by atoms with Crippen molar-refractivity contribution in [1.82, 2.24) is 10.2 Å². The third-order valence-electron chi connectivity index (χ3n) is 6.97. The molecule has 0 spiro atoms. The highest BCUT2D eigenvalue weighted by atomic mass is 79.9. The lowest BCUT2D eigenvalue weighted by molar-refractivity contribution is -0.140. The second kappa shape index (κ2) is 14.9. The molecule has 4 rings (SSSR count). The average molecular weight is 697 g/mol. The van der Waals surface area contributed by atoms with Crippen LogP contribution in [0.2, 0.25) is 5.02 Å². The van der Waals surface area contributed by atoms with E-state index in [2.05, 4.69) is 21.2 Å². The minimum absolute atomic E-state index is 0.00637. The molecule has 0 aromatic heterocycles. The SMILES string of the molecule is Cc1ccc(N(CC(=O)N(Cc2ccc(Br)cc2)[C@@H](Cc2ccccc2)C(=O)NC(C)C)S(=O)(=O)c2ccc(Cl)cc2)cc1. The maximum Gasteiger partial charge on any atom is 0.264 e. The number of rotatable bonds is 12. The average Bonchev–Trinajstić information content (AvgIpc) is 2.99. The molecule has 1 N–H and O–H groups in total. The predicted molar refractivity (Wildman–Crippen MR) is 179 cm³/mol. The summed E-state index contributed by atoms with van der Waals surface area (Å²) in [5.74, 6) is -0.845. The molecule has 44 heavy (non-hydrogen) atoms. The topological polar surface area (TPSA) is 86.8 Å². The summed E-state index contributed by atoms with van der Waals surface area (Å²) >= 11 is 9.50. The summed E-state index contributed by atoms with van der Waals surface area (Å²) < 4.78 is 30.1. The molecule has 10 heteroatoms. The third-order valence-corrected chi connectivity index (χ3v) is 9.54. The maximum absolute atomic E-state index is 14.4. The number of hydrogen-bond acceptors (Lipinski definition) is 4. The first kappa shape index (κ1) is 33.2. The normalized spacial score (nSPS) is 12.0. The van der Waals surface area contributed by atoms with E-state index in [9.17, 15) is 18.0 Å². The van der Waals surface area contributed by atoms with Crippen LogP contribution in [-0.4, -0.2) is 43.8 Å². The minimum atomic E-state index is -4.19. The fourth-order valence-corrected chi connectivity index (χ4v) is 6.50. The lowest BCUT2D eigenvalue weighted by Gasteiger charge is -2.34. The Hall–Kier alpha value is -3.66. The number of nitrogens with one attached hydrogen (secondary N) is 1. The summed E-state index contributed by atoms with van der Waals surface area (Å²) in [5.41, 5.74) is 2.93. The Morgan fingerprint density at radius 2 is 1.45 bits per heavy atom. The van der Waals surface area contributed by atoms with Crippen LogP contribution >= 0.6 is 27.5 Å². The van der Waals surface area contributed by atoms with Crippen molar-refractivity contribution in [3.05, 3.63) is 129 Å². The predicted octanol–water partition coefficient (Wildman–Crippen LogP) is 6.77. The van der Waals surface area contributed by atoms with Gasteiger partial charge < -0.3 is 10.2 Å². The summed E-state index contributed by atoms with van der Waals surface area (Å²) in [6.45, 7) is 5.18. The van der Waals surface area contributed by atoms with Crippen molar-refractivity contribution in [1.29, 1.82) is 0 Å². The van der Waals surface area contributed by atoms with E-state index in [0.29, 0.717) is 10.7 Å². The number of benzene rings is 4. The van der Waals surface area contributed by atoms with E-state index >= 15 is 0 Å². The highest BCUT2D eigenvalue weighted by Crippen LogP contribution is 2.26. The second-order valence-corrected chi connectivity index (χ2v) is 14.0. The van der Waals surface area contributed by atoms with Crippen LogP contribution in [-0.2, 0) is 32.6 Å². The molecule has 0 saturated heterocycles. The van der Waals surface area contributed by atoms with Gasteiger partial charge in [0, 0.05) is 28.5 Å². The molecule has 7 nitrogen and oxygen atoms in total. The molecule has 1 atom stereocenters. The van der Waals surface area contributed by atoms with Crippen LogP contribution < -0.4 is 9.62 Å². The number of carbonyl (C=O) groups excluding carboxylic acids is 2. The molecule has 0 saturated carbocycles. The van der Waals surface area contributed by atoms with Gasteiger partial charge in [0.2, 0.25) is 11.8 Å². The van der Waals surface area contributed by atoms with Crippen LogP contribution in [0.15, 0.2) is 112 Å². The highest BCUT2D eigenvalue weighted by Gasteiger charge is 2.34. The van der Waals surface area contributed by atoms with Gasteiger partial charge in [-0.25, -0.2) is 8.42 Å². The Balaban J connectivity index is 1.79. The van der Waals surface area contributed by atoms with Crippen molar-refractivity contribution in [3.63, 3.8) is 0 Å². The van der Waals surface area contributed by atoms with E-state index in [1.54, 1.807) is 24.3 Å². The van der Waals surface area contributed by atoms with Gasteiger partial charge in [-0.2, -0.15) is 0 Å². The van der Waals surface area contributed by atoms with E-state index in [4.69, 9.17) is 11.6 Å². The summed E-state index contributed by atoms with van der Waals surface area (Å²) in [4.78, 5) is 29.6. The van der Waals surface area contributed by atoms with Gasteiger partial charge in [-0.1, -0.05) is 87.7 Å². The van der Waals surface area contributed by atoms with Gasteiger partial charge in [0.05, 0.1) is 10.6 Å². The molecule has 4 aromatic rings. The van der Waals surface area contributed by atoms with Crippen LogP contribution in [0.4, 0.5) is 5.69 Å². The molecular weight excluding hydrogens is 662 g/mol. The van der Waals surface area contributed by atoms with E-state index in [1.807, 2.05) is 75.4 Å². The van der Waals surface area contributed by atoms with E-state index in [1.165, 1.54) is 29.2 Å². The van der Waals surface area contributed by atoms with Crippen molar-refractivity contribution in [3.8, 4) is 0 Å². The van der Waals surface area contributed by atoms with Gasteiger partial charge in [-0.05, 0) is 80.4 Å². The van der Waals surface area contributed by atoms with Crippen LogP contribution in [0.5, 0.6) is 0 Å². The standard InChI is InChI=1S/C34H35BrClN3O4S/c1-24(2)37-34(41)32(21-26-7-5-4-6-8-26)38(22-27-11-13-28(35)14-12-27)33(40)23-39(30-17-9-25(3)10-18-30)44(42,43)31-19-15-29(36)16-20-31/h4-20,24,32H,21-23H2,1-3H3,(H,37,41)/t32-/m0/s1. The van der Waals surface area contributed by atoms with Gasteiger partial charge >= 0.3 is 0 Å². The molecule has 0 aliphatic carbocycles. The number of hydrogen-bond donors (Lipinski definition) is 1. The molecule has 0 heterocycles. The first-order valence-electron chi connectivity index (χ1n) is 14.2. The molecule has 2 amide bonds. The minimum Gasteiger partial charge on any atom is -0.352 e. The Labute approximate surface area is 273 Å². The van der Waals surface area contributed by atoms with Crippen LogP contribution in [0, 0.1) is 6.92 Å². The van der Waals surface area contributed by atoms with Crippen molar-refractivity contribution < 1.29 is 18.0 Å². The van der Waals surface area contributed by atoms with Crippen molar-refractivity contribution >= 4 is 55.1 Å². The van der Waals surface area contributed by atoms with E-state index in [-0.39, 0.29) is 29.8 Å². The van der Waals surface area contributed by atoms with E-state index in [0.717, 1.165) is 25.5 Å². The number of nitrogens with zero attached hydrogens (tertiary/aromatic N) is 2. The van der Waals surface area contributed by atoms with Crippen molar-refractivity contribution in [2.45, 2.75) is 50.7 Å². The smallest absolute Gasteiger partial charge is 0.264 e. The Morgan fingerprint density at radius 1 is 0.841 bits per heavy atom. The van der Waals surface area contributed by atoms with Gasteiger partial charge in [0.15, 0.2) is 0 Å². The molecular formula is C34H35BrClN3O4S. The van der Waals surface area contributed by atoms with Crippen molar-refractivity contribution in [2.75, 3.05) is 10.8 Å². The molecule has 0 aliphatic heterocycles. The second-order valence-electron chi connectivity index (χ2n) is 10.8. The van der Waals surface area contributed by atoms with Gasteiger partial charge in [0.1, 0.15) is 12.6 Å². The number of anilines is 1. The zero-order chi connectivity index (χ0) is 31.9. The first-order chi connectivity index (χ1) is 20.9. The molecule has 0 unspecified atom stereocenters. The Kier molecular flexibility index (Phi) is 11.2. The molecule has 0 aliphatic rings. The lowest BCUT2D eigenvalue weighted by atomic mass is 10.0. The number of carbonyl (C=O) groups is 2. The number of aryl methyl sites for hydroxylation is 1. The highest BCUT2D eigenvalue weighted by molar-refractivity contribution is 9.10. The van der Waals surface area contributed by atoms with Crippen LogP contribution in [0.25, 0.3) is 0 Å². The van der Waals surface area contributed by atoms with E-state index < -0.39 is 28.5 Å². The zero-order valence-corrected chi connectivity index (χ0v) is 27.9. The lowest BCUT2D eigenvalue weighted by Crippen LogP contribution is -2.54. The largest absolute Gasteiger partial charge is 0.352 e. The molecule has 230 valence electrons. The van der Waals surface area contributed by atoms with Gasteiger partial charge in [0.25, 0.3) is 10.0 Å². The number of sulfonamides is 1. The molecule has 0 bridgehead atoms. The van der Waals surface area contributed by atoms with Crippen LogP contribution in [0.1, 0.15) is 30.5 Å². The van der Waals surface area contributed by atoms with Gasteiger partial charge in [-0.15, -0.1) is 0 Å². The summed E-state index contributed by atoms with van der Waals surface area (Å²) in [6, 6.07) is 28.6. The maximum atomic E-state index is 14.4. The molecule has 0 radical (unpaired) electrons. The summed E-state index contributed by atoms with van der Waals surface area (Å²) in [5, 5.41) is 3.35. The zero-order valence-electron chi connectivity index (χ0n) is 24.8. The molecule has 0 fully saturated rings. The Bertz CT molecular complexity index is 1660. The third kappa shape index (κ3) is 8.71. The summed E-state index contributed by atoms with van der Waals surface area (Å²) in [6.07, 6.45) is 0.246. The monoisotopic (exact) mass is 695 g/mol. The quantitative estimate of drug-likeness (QED) is 0.177. The number of halogens is 2. The number of amides is 2. The first-order valence-corrected chi connectivity index (χ1v) is 16.8. The van der Waals surface area contributed by atoms with Gasteiger partial charge in [-0.3, -0.25) is 13.9 Å². The fraction of sp³-hybridized carbons (Fsp3) is 0.235. The fourth-order valence-electron chi connectivity index (χ4n) is 4.69. The summed E-state index contributed by atoms with van der Waals surface area (Å²) in [7, 11) is -4.19. The Morgan fingerprint density at radius 3 is 2.05 bits per heavy atom. The molecule has 4 aromatic carbocycles. The van der Waals surface area contributed by atoms with Crippen LogP contribution in [0.3, 0.4) is 0 Å². The van der Waals surface area contributed by atoms with Crippen molar-refractivity contribution in [2.24, 2.45) is 0 Å².